The average molecular weight is 485 g/mol. The molecule has 3 heterocycles. The highest BCUT2D eigenvalue weighted by Gasteiger charge is 2.23. The average Bonchev–Trinajstić information content (AvgIpc) is 3.23. The molecule has 2 aromatic carbocycles. The number of piperazine rings is 1. The summed E-state index contributed by atoms with van der Waals surface area (Å²) in [7, 11) is 1.74. The van der Waals surface area contributed by atoms with Crippen molar-refractivity contribution in [2.75, 3.05) is 31.1 Å². The van der Waals surface area contributed by atoms with Crippen LogP contribution in [0.25, 0.3) is 16.9 Å². The standard InChI is InChI=1S/C28H32N6O2/c1-19-10-11-20(2)24(18-19)32-14-16-33(17-15-32)25(35)13-12-23-28(36)31(4)27-26(29-23)21(3)30-34(27)22-8-6-5-7-9-22/h5-11,18H,12-17H2,1-4H3. The molecule has 0 atom stereocenters. The predicted molar refractivity (Wildman–Crippen MR) is 142 cm³/mol. The molecule has 4 aromatic rings. The molecule has 8 nitrogen and oxygen atoms in total. The van der Waals surface area contributed by atoms with E-state index in [2.05, 4.69) is 47.0 Å². The Bertz CT molecular complexity index is 1480. The van der Waals surface area contributed by atoms with E-state index >= 15 is 0 Å². The number of amides is 1. The second kappa shape index (κ2) is 9.60. The van der Waals surface area contributed by atoms with Gasteiger partial charge in [0.25, 0.3) is 5.56 Å². The molecule has 8 heteroatoms. The zero-order chi connectivity index (χ0) is 25.4. The molecule has 36 heavy (non-hydrogen) atoms. The molecular weight excluding hydrogens is 452 g/mol. The number of nitrogens with zero attached hydrogens (tertiary/aromatic N) is 6. The van der Waals surface area contributed by atoms with Crippen molar-refractivity contribution in [3.05, 3.63) is 81.4 Å². The number of rotatable bonds is 5. The smallest absolute Gasteiger partial charge is 0.273 e. The summed E-state index contributed by atoms with van der Waals surface area (Å²) >= 11 is 0. The van der Waals surface area contributed by atoms with Gasteiger partial charge in [0, 0.05) is 51.8 Å². The summed E-state index contributed by atoms with van der Waals surface area (Å²) in [5, 5.41) is 4.63. The Balaban J connectivity index is 1.29. The third kappa shape index (κ3) is 4.39. The topological polar surface area (TPSA) is 76.3 Å². The molecule has 2 aromatic heterocycles. The summed E-state index contributed by atoms with van der Waals surface area (Å²) in [5.41, 5.74) is 6.92. The minimum absolute atomic E-state index is 0.0660. The van der Waals surface area contributed by atoms with Crippen molar-refractivity contribution in [1.29, 1.82) is 0 Å². The number of fused-ring (bicyclic) bond motifs is 1. The van der Waals surface area contributed by atoms with Crippen LogP contribution < -0.4 is 10.5 Å². The van der Waals surface area contributed by atoms with Gasteiger partial charge in [0.2, 0.25) is 5.91 Å². The molecule has 5 rings (SSSR count). The minimum atomic E-state index is -0.188. The minimum Gasteiger partial charge on any atom is -0.368 e. The Morgan fingerprint density at radius 2 is 1.69 bits per heavy atom. The lowest BCUT2D eigenvalue weighted by Crippen LogP contribution is -2.49. The summed E-state index contributed by atoms with van der Waals surface area (Å²) in [4.78, 5) is 35.1. The van der Waals surface area contributed by atoms with Crippen molar-refractivity contribution in [2.45, 2.75) is 33.6 Å². The van der Waals surface area contributed by atoms with Gasteiger partial charge in [-0.2, -0.15) is 5.10 Å². The van der Waals surface area contributed by atoms with Gasteiger partial charge in [0.05, 0.1) is 11.4 Å². The third-order valence-corrected chi connectivity index (χ3v) is 7.04. The first-order chi connectivity index (χ1) is 17.3. The zero-order valence-electron chi connectivity index (χ0n) is 21.4. The number of carbonyl (C=O) groups is 1. The molecule has 0 spiro atoms. The van der Waals surface area contributed by atoms with Gasteiger partial charge in [-0.05, 0) is 50.1 Å². The predicted octanol–water partition coefficient (Wildman–Crippen LogP) is 3.33. The highest BCUT2D eigenvalue weighted by atomic mass is 16.2. The van der Waals surface area contributed by atoms with Crippen LogP contribution in [0.1, 0.15) is 28.9 Å². The Labute approximate surface area is 210 Å². The number of carbonyl (C=O) groups excluding carboxylic acids is 1. The second-order valence-electron chi connectivity index (χ2n) is 9.59. The third-order valence-electron chi connectivity index (χ3n) is 7.04. The van der Waals surface area contributed by atoms with E-state index < -0.39 is 0 Å². The number of hydrogen-bond donors (Lipinski definition) is 0. The molecule has 1 amide bonds. The van der Waals surface area contributed by atoms with Crippen molar-refractivity contribution in [2.24, 2.45) is 7.05 Å². The number of para-hydroxylation sites is 1. The van der Waals surface area contributed by atoms with Crippen molar-refractivity contribution < 1.29 is 4.79 Å². The van der Waals surface area contributed by atoms with E-state index in [4.69, 9.17) is 0 Å². The van der Waals surface area contributed by atoms with E-state index in [1.807, 2.05) is 42.2 Å². The Morgan fingerprint density at radius 3 is 2.42 bits per heavy atom. The maximum atomic E-state index is 13.2. The molecule has 0 saturated carbocycles. The molecule has 0 unspecified atom stereocenters. The first-order valence-corrected chi connectivity index (χ1v) is 12.4. The highest BCUT2D eigenvalue weighted by Crippen LogP contribution is 2.23. The van der Waals surface area contributed by atoms with Gasteiger partial charge in [-0.25, -0.2) is 9.67 Å². The fraction of sp³-hybridized carbons (Fsp3) is 0.357. The van der Waals surface area contributed by atoms with Gasteiger partial charge in [0.15, 0.2) is 5.65 Å². The van der Waals surface area contributed by atoms with Gasteiger partial charge in [0.1, 0.15) is 11.2 Å². The summed E-state index contributed by atoms with van der Waals surface area (Å²) in [6.45, 7) is 9.09. The number of anilines is 1. The molecule has 0 N–H and O–H groups in total. The van der Waals surface area contributed by atoms with E-state index in [9.17, 15) is 9.59 Å². The van der Waals surface area contributed by atoms with E-state index in [-0.39, 0.29) is 17.9 Å². The highest BCUT2D eigenvalue weighted by molar-refractivity contribution is 5.78. The fourth-order valence-electron chi connectivity index (χ4n) is 4.96. The van der Waals surface area contributed by atoms with Crippen LogP contribution in [0.2, 0.25) is 0 Å². The molecular formula is C28H32N6O2. The van der Waals surface area contributed by atoms with Crippen molar-refractivity contribution >= 4 is 22.8 Å². The van der Waals surface area contributed by atoms with Gasteiger partial charge in [-0.15, -0.1) is 0 Å². The number of benzene rings is 2. The van der Waals surface area contributed by atoms with Crippen LogP contribution in [0, 0.1) is 20.8 Å². The SMILES string of the molecule is Cc1ccc(C)c(N2CCN(C(=O)CCc3nc4c(C)nn(-c5ccccc5)c4n(C)c3=O)CC2)c1. The van der Waals surface area contributed by atoms with Crippen molar-refractivity contribution in [3.63, 3.8) is 0 Å². The van der Waals surface area contributed by atoms with Crippen LogP contribution >= 0.6 is 0 Å². The molecule has 0 aliphatic carbocycles. The first-order valence-electron chi connectivity index (χ1n) is 12.4. The molecule has 1 fully saturated rings. The first kappa shape index (κ1) is 23.8. The Hall–Kier alpha value is -3.94. The summed E-state index contributed by atoms with van der Waals surface area (Å²) in [6.07, 6.45) is 0.581. The maximum Gasteiger partial charge on any atom is 0.273 e. The van der Waals surface area contributed by atoms with E-state index in [0.717, 1.165) is 24.5 Å². The molecule has 1 aliphatic rings. The van der Waals surface area contributed by atoms with Gasteiger partial charge < -0.3 is 9.80 Å². The van der Waals surface area contributed by atoms with Crippen LogP contribution in [0.3, 0.4) is 0 Å². The largest absolute Gasteiger partial charge is 0.368 e. The molecule has 1 saturated heterocycles. The van der Waals surface area contributed by atoms with Crippen LogP contribution in [0.4, 0.5) is 5.69 Å². The van der Waals surface area contributed by atoms with Gasteiger partial charge in [-0.3, -0.25) is 14.2 Å². The Morgan fingerprint density at radius 1 is 0.972 bits per heavy atom. The normalized spacial score (nSPS) is 14.0. The quantitative estimate of drug-likeness (QED) is 0.434. The van der Waals surface area contributed by atoms with Crippen LogP contribution in [-0.4, -0.2) is 56.3 Å². The van der Waals surface area contributed by atoms with Gasteiger partial charge in [-0.1, -0.05) is 30.3 Å². The number of hydrogen-bond acceptors (Lipinski definition) is 5. The van der Waals surface area contributed by atoms with Crippen LogP contribution in [0.5, 0.6) is 0 Å². The Kier molecular flexibility index (Phi) is 6.35. The number of aryl methyl sites for hydroxylation is 5. The van der Waals surface area contributed by atoms with Crippen molar-refractivity contribution in [1.82, 2.24) is 24.2 Å². The van der Waals surface area contributed by atoms with E-state index in [1.165, 1.54) is 16.8 Å². The summed E-state index contributed by atoms with van der Waals surface area (Å²) in [6, 6.07) is 16.2. The van der Waals surface area contributed by atoms with Gasteiger partial charge >= 0.3 is 0 Å². The van der Waals surface area contributed by atoms with Crippen LogP contribution in [0.15, 0.2) is 53.3 Å². The lowest BCUT2D eigenvalue weighted by Gasteiger charge is -2.37. The zero-order valence-corrected chi connectivity index (χ0v) is 21.4. The monoisotopic (exact) mass is 484 g/mol. The molecule has 186 valence electrons. The number of aromatic nitrogens is 4. The van der Waals surface area contributed by atoms with E-state index in [0.29, 0.717) is 36.4 Å². The molecule has 0 radical (unpaired) electrons. The molecule has 1 aliphatic heterocycles. The lowest BCUT2D eigenvalue weighted by atomic mass is 10.1. The second-order valence-corrected chi connectivity index (χ2v) is 9.59. The summed E-state index contributed by atoms with van der Waals surface area (Å²) < 4.78 is 3.35. The molecule has 0 bridgehead atoms. The maximum absolute atomic E-state index is 13.2. The van der Waals surface area contributed by atoms with Crippen LogP contribution in [-0.2, 0) is 18.3 Å². The summed E-state index contributed by atoms with van der Waals surface area (Å²) in [5.74, 6) is 0.0660. The lowest BCUT2D eigenvalue weighted by molar-refractivity contribution is -0.131. The van der Waals surface area contributed by atoms with E-state index in [1.54, 1.807) is 16.3 Å². The fourth-order valence-corrected chi connectivity index (χ4v) is 4.96. The van der Waals surface area contributed by atoms with Crippen molar-refractivity contribution in [3.8, 4) is 5.69 Å².